The van der Waals surface area contributed by atoms with Gasteiger partial charge >= 0.3 is 11.8 Å². The fourth-order valence-electron chi connectivity index (χ4n) is 1.98. The van der Waals surface area contributed by atoms with Crippen LogP contribution < -0.4 is 5.76 Å². The van der Waals surface area contributed by atoms with E-state index in [1.807, 2.05) is 0 Å². The molecule has 0 saturated heterocycles. The van der Waals surface area contributed by atoms with Crippen molar-refractivity contribution < 1.29 is 14.1 Å². The van der Waals surface area contributed by atoms with Crippen molar-refractivity contribution in [3.63, 3.8) is 0 Å². The number of benzene rings is 1. The number of carbonyl (C=O) groups is 1. The van der Waals surface area contributed by atoms with Gasteiger partial charge in [-0.3, -0.25) is 19.2 Å². The Morgan fingerprint density at radius 1 is 1.15 bits per heavy atom. The highest BCUT2D eigenvalue weighted by Gasteiger charge is 2.10. The van der Waals surface area contributed by atoms with E-state index >= 15 is 0 Å². The van der Waals surface area contributed by atoms with Gasteiger partial charge in [-0.25, -0.2) is 24.7 Å². The average Bonchev–Trinajstić information content (AvgIpc) is 3.44. The fraction of sp³-hybridized carbons (Fsp3) is 0. The van der Waals surface area contributed by atoms with E-state index in [-0.39, 0.29) is 17.6 Å². The van der Waals surface area contributed by atoms with Crippen LogP contribution in [0.3, 0.4) is 0 Å². The third-order valence-electron chi connectivity index (χ3n) is 3.19. The Kier molecular flexibility index (Phi) is 4.98. The van der Waals surface area contributed by atoms with Crippen molar-refractivity contribution in [2.45, 2.75) is 0 Å². The molecule has 0 amide bonds. The molecule has 0 atom stereocenters. The first-order valence-corrected chi connectivity index (χ1v) is 7.35. The number of aromatic amines is 1. The molecule has 1 N–H and O–H groups in total. The van der Waals surface area contributed by atoms with Gasteiger partial charge in [0.05, 0.1) is 4.92 Å². The molecule has 0 unspecified atom stereocenters. The first kappa shape index (κ1) is 17.5. The zero-order valence-electron chi connectivity index (χ0n) is 13.5. The number of non-ortho nitro benzene ring substituents is 1. The maximum atomic E-state index is 11.4. The van der Waals surface area contributed by atoms with Gasteiger partial charge < -0.3 is 4.42 Å². The Morgan fingerprint density at radius 3 is 2.30 bits per heavy atom. The Morgan fingerprint density at radius 2 is 1.81 bits per heavy atom. The summed E-state index contributed by atoms with van der Waals surface area (Å²) < 4.78 is 7.41. The monoisotopic (exact) mass is 369 g/mol. The predicted molar refractivity (Wildman–Crippen MR) is 89.9 cm³/mol. The minimum atomic E-state index is -0.698. The largest absolute Gasteiger partial charge is 0.434 e. The molecule has 4 aromatic rings. The third-order valence-corrected chi connectivity index (χ3v) is 3.19. The first-order valence-electron chi connectivity index (χ1n) is 7.35. The molecule has 3 heterocycles. The smallest absolute Gasteiger partial charge is 0.388 e. The summed E-state index contributed by atoms with van der Waals surface area (Å²) in [5, 5.41) is 16.1. The van der Waals surface area contributed by atoms with Crippen LogP contribution in [0.4, 0.5) is 10.5 Å². The number of carbonyl (C=O) groups excluding carboxylic acids is 1. The highest BCUT2D eigenvalue weighted by atomic mass is 16.6. The molecular weight excluding hydrogens is 358 g/mol. The quantitative estimate of drug-likeness (QED) is 0.412. The molecule has 0 fully saturated rings. The second-order valence-corrected chi connectivity index (χ2v) is 4.95. The van der Waals surface area contributed by atoms with Crippen molar-refractivity contribution in [2.75, 3.05) is 0 Å². The standard InChI is InChI=1S/C8H5N3O4.C7H6N4O/c12-8-10-9-7(15-8)5-2-1-3-6(4-5)11(13)14;12-7(10-3-1-8-5-10)11-4-2-9-6-11/h1-4H,(H,10,12);1-6H. The number of nitro groups is 1. The zero-order chi connectivity index (χ0) is 19.2. The number of hydrogen-bond donors (Lipinski definition) is 1. The Balaban J connectivity index is 0.000000159. The van der Waals surface area contributed by atoms with Crippen molar-refractivity contribution in [1.29, 1.82) is 0 Å². The van der Waals surface area contributed by atoms with Gasteiger partial charge in [-0.1, -0.05) is 6.07 Å². The van der Waals surface area contributed by atoms with E-state index < -0.39 is 10.7 Å². The summed E-state index contributed by atoms with van der Waals surface area (Å²) in [6.07, 6.45) is 9.17. The first-order chi connectivity index (χ1) is 13.0. The molecule has 12 nitrogen and oxygen atoms in total. The van der Waals surface area contributed by atoms with Gasteiger partial charge in [0.2, 0.25) is 5.89 Å². The summed E-state index contributed by atoms with van der Waals surface area (Å²) in [7, 11) is 0. The second kappa shape index (κ2) is 7.69. The molecule has 3 aromatic heterocycles. The summed E-state index contributed by atoms with van der Waals surface area (Å²) in [5.41, 5.74) is 0.292. The van der Waals surface area contributed by atoms with Crippen LogP contribution in [-0.4, -0.2) is 40.3 Å². The van der Waals surface area contributed by atoms with Crippen LogP contribution in [0.2, 0.25) is 0 Å². The molecule has 0 aliphatic heterocycles. The van der Waals surface area contributed by atoms with Gasteiger partial charge in [0, 0.05) is 42.5 Å². The number of imidazole rings is 2. The number of hydrogen-bond acceptors (Lipinski definition) is 8. The number of nitrogens with zero attached hydrogens (tertiary/aromatic N) is 6. The Hall–Kier alpha value is -4.35. The summed E-state index contributed by atoms with van der Waals surface area (Å²) in [6, 6.07) is 5.48. The summed E-state index contributed by atoms with van der Waals surface area (Å²) in [5.74, 6) is -0.666. The van der Waals surface area contributed by atoms with Gasteiger partial charge in [-0.2, -0.15) is 0 Å². The molecule has 136 valence electrons. The fourth-order valence-corrected chi connectivity index (χ4v) is 1.98. The van der Waals surface area contributed by atoms with Crippen LogP contribution in [-0.2, 0) is 0 Å². The van der Waals surface area contributed by atoms with E-state index in [9.17, 15) is 19.7 Å². The third kappa shape index (κ3) is 4.19. The van der Waals surface area contributed by atoms with Crippen LogP contribution >= 0.6 is 0 Å². The van der Waals surface area contributed by atoms with Crippen LogP contribution in [0.5, 0.6) is 0 Å². The van der Waals surface area contributed by atoms with Crippen LogP contribution in [0, 0.1) is 10.1 Å². The van der Waals surface area contributed by atoms with Crippen LogP contribution in [0.25, 0.3) is 11.5 Å². The minimum Gasteiger partial charge on any atom is -0.388 e. The number of rotatable bonds is 2. The molecule has 27 heavy (non-hydrogen) atoms. The lowest BCUT2D eigenvalue weighted by Gasteiger charge is -1.98. The molecule has 0 saturated carbocycles. The lowest BCUT2D eigenvalue weighted by atomic mass is 10.2. The summed E-state index contributed by atoms with van der Waals surface area (Å²) in [6.45, 7) is 0. The van der Waals surface area contributed by atoms with Gasteiger partial charge in [0.1, 0.15) is 12.7 Å². The van der Waals surface area contributed by atoms with Gasteiger partial charge in [0.15, 0.2) is 0 Å². The van der Waals surface area contributed by atoms with Gasteiger partial charge in [-0.05, 0) is 6.07 Å². The number of nitro benzene ring substituents is 1. The summed E-state index contributed by atoms with van der Waals surface area (Å²) >= 11 is 0. The van der Waals surface area contributed by atoms with Crippen molar-refractivity contribution >= 4 is 11.7 Å². The maximum absolute atomic E-state index is 11.4. The minimum absolute atomic E-state index is 0.0312. The molecule has 0 bridgehead atoms. The lowest BCUT2D eigenvalue weighted by molar-refractivity contribution is -0.384. The molecule has 0 radical (unpaired) electrons. The van der Waals surface area contributed by atoms with E-state index in [2.05, 4.69) is 24.6 Å². The Labute approximate surface area is 149 Å². The van der Waals surface area contributed by atoms with E-state index in [0.29, 0.717) is 5.56 Å². The number of nitrogens with one attached hydrogen (secondary N) is 1. The predicted octanol–water partition coefficient (Wildman–Crippen LogP) is 1.53. The van der Waals surface area contributed by atoms with Gasteiger partial charge in [0.25, 0.3) is 5.69 Å². The van der Waals surface area contributed by atoms with E-state index in [1.54, 1.807) is 30.9 Å². The van der Waals surface area contributed by atoms with E-state index in [1.165, 1.54) is 40.0 Å². The van der Waals surface area contributed by atoms with Crippen molar-refractivity contribution in [3.8, 4) is 11.5 Å². The highest BCUT2D eigenvalue weighted by Crippen LogP contribution is 2.20. The normalized spacial score (nSPS) is 10.1. The summed E-state index contributed by atoms with van der Waals surface area (Å²) in [4.78, 5) is 39.5. The molecule has 0 aliphatic carbocycles. The average molecular weight is 369 g/mol. The zero-order valence-corrected chi connectivity index (χ0v) is 13.5. The molecule has 4 rings (SSSR count). The molecule has 1 aromatic carbocycles. The highest BCUT2D eigenvalue weighted by molar-refractivity contribution is 5.78. The molecular formula is C15H11N7O5. The molecule has 0 aliphatic rings. The van der Waals surface area contributed by atoms with Crippen LogP contribution in [0.1, 0.15) is 0 Å². The van der Waals surface area contributed by atoms with E-state index in [4.69, 9.17) is 0 Å². The number of H-pyrrole nitrogens is 1. The van der Waals surface area contributed by atoms with Crippen molar-refractivity contribution in [3.05, 3.63) is 82.4 Å². The van der Waals surface area contributed by atoms with E-state index in [0.717, 1.165) is 0 Å². The topological polar surface area (TPSA) is 155 Å². The number of aromatic nitrogens is 6. The Bertz CT molecular complexity index is 1060. The van der Waals surface area contributed by atoms with Crippen LogP contribution in [0.15, 0.2) is 70.9 Å². The molecule has 0 spiro atoms. The lowest BCUT2D eigenvalue weighted by Crippen LogP contribution is -2.15. The van der Waals surface area contributed by atoms with Crippen molar-refractivity contribution in [1.82, 2.24) is 29.3 Å². The van der Waals surface area contributed by atoms with Gasteiger partial charge in [-0.15, -0.1) is 5.10 Å². The second-order valence-electron chi connectivity index (χ2n) is 4.95. The molecule has 12 heteroatoms. The maximum Gasteiger partial charge on any atom is 0.434 e. The van der Waals surface area contributed by atoms with Crippen molar-refractivity contribution in [2.24, 2.45) is 0 Å². The SMILES string of the molecule is O=C(n1ccnc1)n1ccnc1.O=c1[nH]nc(-c2cccc([N+](=O)[O-])c2)o1.